The number of rotatable bonds is 2. The average Bonchev–Trinajstić information content (AvgIpc) is 2.04. The average molecular weight is 162 g/mol. The Morgan fingerprint density at radius 3 is 2.50 bits per heavy atom. The Labute approximate surface area is 72.4 Å². The third-order valence-electron chi connectivity index (χ3n) is 1.80. The molecule has 2 nitrogen and oxygen atoms in total. The van der Waals surface area contributed by atoms with Crippen LogP contribution < -0.4 is 5.73 Å². The predicted octanol–water partition coefficient (Wildman–Crippen LogP) is 1.85. The lowest BCUT2D eigenvalue weighted by atomic mass is 10.0. The molecule has 1 N–H and O–H groups in total. The molecule has 0 aliphatic carbocycles. The van der Waals surface area contributed by atoms with Crippen LogP contribution in [0.2, 0.25) is 0 Å². The van der Waals surface area contributed by atoms with Crippen molar-refractivity contribution in [3.05, 3.63) is 35.4 Å². The highest BCUT2D eigenvalue weighted by Crippen LogP contribution is 2.09. The van der Waals surface area contributed by atoms with Crippen molar-refractivity contribution in [2.45, 2.75) is 19.9 Å². The van der Waals surface area contributed by atoms with Gasteiger partial charge in [-0.15, -0.1) is 0 Å². The largest absolute Gasteiger partial charge is 0.292 e. The van der Waals surface area contributed by atoms with Gasteiger partial charge in [-0.1, -0.05) is 24.3 Å². The van der Waals surface area contributed by atoms with Crippen LogP contribution in [0.25, 0.3) is 0 Å². The number of hydrogen-bond acceptors (Lipinski definition) is 1. The minimum Gasteiger partial charge on any atom is -0.292 e. The Hall–Kier alpha value is -1.15. The summed E-state index contributed by atoms with van der Waals surface area (Å²) in [6.07, 6.45) is 0. The van der Waals surface area contributed by atoms with E-state index in [1.54, 1.807) is 13.0 Å². The van der Waals surface area contributed by atoms with Crippen molar-refractivity contribution in [1.82, 2.24) is 5.73 Å². The summed E-state index contributed by atoms with van der Waals surface area (Å²) in [7, 11) is 0. The molecule has 63 valence electrons. The van der Waals surface area contributed by atoms with Gasteiger partial charge in [-0.2, -0.15) is 0 Å². The molecular formula is C10H12NO. The number of ketones is 1. The van der Waals surface area contributed by atoms with E-state index in [1.165, 1.54) is 0 Å². The number of hydrogen-bond donors (Lipinski definition) is 0. The second-order valence-electron chi connectivity index (χ2n) is 2.90. The van der Waals surface area contributed by atoms with Crippen LogP contribution in [0.5, 0.6) is 0 Å². The molecule has 1 aromatic rings. The maximum atomic E-state index is 11.4. The zero-order valence-electron chi connectivity index (χ0n) is 7.29. The highest BCUT2D eigenvalue weighted by Gasteiger charge is 2.12. The molecule has 0 saturated heterocycles. The smallest absolute Gasteiger partial charge is 0.181 e. The summed E-state index contributed by atoms with van der Waals surface area (Å²) in [6.45, 7) is 3.48. The molecule has 12 heavy (non-hydrogen) atoms. The second kappa shape index (κ2) is 3.50. The van der Waals surface area contributed by atoms with Gasteiger partial charge in [0.05, 0.1) is 6.04 Å². The Kier molecular flexibility index (Phi) is 2.61. The van der Waals surface area contributed by atoms with Crippen LogP contribution in [0.3, 0.4) is 0 Å². The minimum atomic E-state index is -0.661. The normalized spacial score (nSPS) is 12.6. The summed E-state index contributed by atoms with van der Waals surface area (Å²) in [5.74, 6) is -0.104. The molecule has 0 aliphatic heterocycles. The van der Waals surface area contributed by atoms with Crippen molar-refractivity contribution in [3.8, 4) is 0 Å². The SMILES string of the molecule is Cc1ccccc1C(=O)C(C)[NH]. The van der Waals surface area contributed by atoms with Crippen molar-refractivity contribution in [2.75, 3.05) is 0 Å². The molecule has 0 spiro atoms. The van der Waals surface area contributed by atoms with Crippen molar-refractivity contribution in [2.24, 2.45) is 0 Å². The van der Waals surface area contributed by atoms with E-state index in [2.05, 4.69) is 0 Å². The van der Waals surface area contributed by atoms with E-state index in [1.807, 2.05) is 25.1 Å². The third kappa shape index (κ3) is 1.71. The first-order valence-electron chi connectivity index (χ1n) is 3.94. The Bertz CT molecular complexity index is 292. The standard InChI is InChI=1S/C10H12NO/c1-7-5-3-4-6-9(7)10(12)8(2)11/h3-6,8,11H,1-2H3. The highest BCUT2D eigenvalue weighted by atomic mass is 16.1. The first-order valence-corrected chi connectivity index (χ1v) is 3.94. The van der Waals surface area contributed by atoms with Crippen LogP contribution >= 0.6 is 0 Å². The van der Waals surface area contributed by atoms with E-state index in [4.69, 9.17) is 5.73 Å². The number of carbonyl (C=O) groups excluding carboxylic acids is 1. The van der Waals surface area contributed by atoms with Crippen LogP contribution in [-0.4, -0.2) is 11.8 Å². The molecule has 0 amide bonds. The molecule has 2 heteroatoms. The van der Waals surface area contributed by atoms with Crippen LogP contribution in [0.15, 0.2) is 24.3 Å². The van der Waals surface area contributed by atoms with Crippen LogP contribution in [0.4, 0.5) is 0 Å². The van der Waals surface area contributed by atoms with Gasteiger partial charge in [0.2, 0.25) is 0 Å². The predicted molar refractivity (Wildman–Crippen MR) is 48.1 cm³/mol. The van der Waals surface area contributed by atoms with Crippen LogP contribution in [-0.2, 0) is 0 Å². The van der Waals surface area contributed by atoms with E-state index in [0.717, 1.165) is 5.56 Å². The van der Waals surface area contributed by atoms with Crippen molar-refractivity contribution in [3.63, 3.8) is 0 Å². The molecule has 0 aliphatic rings. The van der Waals surface area contributed by atoms with Crippen LogP contribution in [0.1, 0.15) is 22.8 Å². The molecule has 1 radical (unpaired) electrons. The maximum absolute atomic E-state index is 11.4. The second-order valence-corrected chi connectivity index (χ2v) is 2.90. The van der Waals surface area contributed by atoms with Gasteiger partial charge in [-0.3, -0.25) is 4.79 Å². The van der Waals surface area contributed by atoms with Gasteiger partial charge >= 0.3 is 0 Å². The summed E-state index contributed by atoms with van der Waals surface area (Å²) in [5.41, 5.74) is 8.88. The summed E-state index contributed by atoms with van der Waals surface area (Å²) >= 11 is 0. The third-order valence-corrected chi connectivity index (χ3v) is 1.80. The van der Waals surface area contributed by atoms with Gasteiger partial charge in [0.1, 0.15) is 0 Å². The molecule has 1 unspecified atom stereocenters. The van der Waals surface area contributed by atoms with Crippen molar-refractivity contribution in [1.29, 1.82) is 0 Å². The molecule has 0 heterocycles. The molecule has 1 aromatic carbocycles. The molecule has 1 atom stereocenters. The zero-order chi connectivity index (χ0) is 9.14. The molecule has 0 aromatic heterocycles. The summed E-state index contributed by atoms with van der Waals surface area (Å²) in [6, 6.07) is 6.70. The fourth-order valence-electron chi connectivity index (χ4n) is 1.08. The first-order chi connectivity index (χ1) is 5.63. The van der Waals surface area contributed by atoms with Gasteiger partial charge in [0, 0.05) is 5.56 Å². The molecule has 0 saturated carbocycles. The van der Waals surface area contributed by atoms with Crippen molar-refractivity contribution < 1.29 is 4.79 Å². The molecule has 0 bridgehead atoms. The summed E-state index contributed by atoms with van der Waals surface area (Å²) < 4.78 is 0. The Morgan fingerprint density at radius 1 is 1.42 bits per heavy atom. The van der Waals surface area contributed by atoms with Gasteiger partial charge in [-0.25, -0.2) is 5.73 Å². The highest BCUT2D eigenvalue weighted by molar-refractivity contribution is 6.00. The van der Waals surface area contributed by atoms with E-state index in [9.17, 15) is 4.79 Å². The monoisotopic (exact) mass is 162 g/mol. The molecule has 1 rings (SSSR count). The number of nitrogens with one attached hydrogen (secondary N) is 1. The van der Waals surface area contributed by atoms with Crippen molar-refractivity contribution >= 4 is 5.78 Å². The van der Waals surface area contributed by atoms with E-state index in [-0.39, 0.29) is 5.78 Å². The topological polar surface area (TPSA) is 40.9 Å². The fraction of sp³-hybridized carbons (Fsp3) is 0.300. The lowest BCUT2D eigenvalue weighted by Gasteiger charge is -2.05. The first kappa shape index (κ1) is 8.94. The number of carbonyl (C=O) groups is 1. The number of benzene rings is 1. The fourth-order valence-corrected chi connectivity index (χ4v) is 1.08. The minimum absolute atomic E-state index is 0.104. The summed E-state index contributed by atoms with van der Waals surface area (Å²) in [5, 5.41) is 0. The molecule has 0 fully saturated rings. The lowest BCUT2D eigenvalue weighted by Crippen LogP contribution is -2.18. The molecular weight excluding hydrogens is 150 g/mol. The van der Waals surface area contributed by atoms with Crippen LogP contribution in [0, 0.1) is 6.92 Å². The zero-order valence-corrected chi connectivity index (χ0v) is 7.29. The van der Waals surface area contributed by atoms with E-state index >= 15 is 0 Å². The summed E-state index contributed by atoms with van der Waals surface area (Å²) in [4.78, 5) is 11.4. The van der Waals surface area contributed by atoms with Gasteiger partial charge in [-0.05, 0) is 19.4 Å². The van der Waals surface area contributed by atoms with Gasteiger partial charge < -0.3 is 0 Å². The maximum Gasteiger partial charge on any atom is 0.181 e. The quantitative estimate of drug-likeness (QED) is 0.612. The van der Waals surface area contributed by atoms with E-state index < -0.39 is 6.04 Å². The van der Waals surface area contributed by atoms with Gasteiger partial charge in [0.25, 0.3) is 0 Å². The van der Waals surface area contributed by atoms with Gasteiger partial charge in [0.15, 0.2) is 5.78 Å². The Balaban J connectivity index is 3.03. The lowest BCUT2D eigenvalue weighted by molar-refractivity contribution is 0.0964. The number of Topliss-reactive ketones (excluding diaryl/α,β-unsaturated/α-hetero) is 1. The van der Waals surface area contributed by atoms with E-state index in [0.29, 0.717) is 5.56 Å². The Morgan fingerprint density at radius 2 is 2.00 bits per heavy atom. The number of aryl methyl sites for hydroxylation is 1.